The molecule has 1 saturated carbocycles. The van der Waals surface area contributed by atoms with Crippen LogP contribution in [0.25, 0.3) is 22.4 Å². The fourth-order valence-electron chi connectivity index (χ4n) is 4.44. The molecule has 1 heterocycles. The molecule has 0 saturated heterocycles. The summed E-state index contributed by atoms with van der Waals surface area (Å²) in [6, 6.07) is 19.0. The molecule has 33 heavy (non-hydrogen) atoms. The van der Waals surface area contributed by atoms with Crippen LogP contribution in [0.2, 0.25) is 5.02 Å². The molecule has 1 N–H and O–H groups in total. The Morgan fingerprint density at radius 3 is 2.39 bits per heavy atom. The van der Waals surface area contributed by atoms with Crippen molar-refractivity contribution < 1.29 is 14.6 Å². The number of aromatic nitrogens is 2. The Hall–Kier alpha value is -2.96. The maximum absolute atomic E-state index is 13.0. The number of aliphatic carboxylic acids is 1. The minimum absolute atomic E-state index is 0.128. The third kappa shape index (κ3) is 6.09. The highest BCUT2D eigenvalue weighted by Crippen LogP contribution is 2.32. The fraction of sp³-hybridized carbons (Fsp3) is 0.346. The molecular weight excluding hydrogens is 440 g/mol. The molecule has 7 heteroatoms. The Kier molecular flexibility index (Phi) is 7.57. The molecule has 0 unspecified atom stereocenters. The topological polar surface area (TPSA) is 81.4 Å². The molecule has 4 rings (SSSR count). The summed E-state index contributed by atoms with van der Waals surface area (Å²) in [5.41, 5.74) is 3.20. The number of carbonyl (C=O) groups is 1. The molecule has 1 aliphatic rings. The van der Waals surface area contributed by atoms with E-state index in [1.807, 2.05) is 54.6 Å². The first-order chi connectivity index (χ1) is 16.0. The Morgan fingerprint density at radius 2 is 1.70 bits per heavy atom. The van der Waals surface area contributed by atoms with Crippen LogP contribution in [0.4, 0.5) is 0 Å². The number of hydrogen-bond donors (Lipinski definition) is 1. The van der Waals surface area contributed by atoms with Gasteiger partial charge in [-0.3, -0.25) is 4.79 Å². The summed E-state index contributed by atoms with van der Waals surface area (Å²) >= 11 is 6.21. The van der Waals surface area contributed by atoms with Gasteiger partial charge in [-0.2, -0.15) is 5.10 Å². The van der Waals surface area contributed by atoms with E-state index in [0.717, 1.165) is 48.1 Å². The standard InChI is InChI=1S/C26H27ClN2O4/c27-22-8-4-7-21(13-22)23-14-24(30)29(28-26(23)20-5-2-1-3-6-20)15-18-9-11-19(12-10-18)16-33-17-25(31)32/h1-8,13-14,18-19H,9-12,15-17H2,(H,31,32). The maximum Gasteiger partial charge on any atom is 0.329 e. The van der Waals surface area contributed by atoms with E-state index in [1.165, 1.54) is 0 Å². The van der Waals surface area contributed by atoms with Crippen LogP contribution in [0.5, 0.6) is 0 Å². The van der Waals surface area contributed by atoms with Crippen molar-refractivity contribution in [3.63, 3.8) is 0 Å². The first-order valence-corrected chi connectivity index (χ1v) is 11.6. The van der Waals surface area contributed by atoms with Crippen molar-refractivity contribution in [3.8, 4) is 22.4 Å². The molecule has 1 fully saturated rings. The number of nitrogens with zero attached hydrogens (tertiary/aromatic N) is 2. The molecule has 2 aromatic carbocycles. The average Bonchev–Trinajstić information content (AvgIpc) is 2.81. The van der Waals surface area contributed by atoms with Crippen LogP contribution in [0.1, 0.15) is 25.7 Å². The van der Waals surface area contributed by atoms with Crippen molar-refractivity contribution >= 4 is 17.6 Å². The van der Waals surface area contributed by atoms with Gasteiger partial charge >= 0.3 is 5.97 Å². The lowest BCUT2D eigenvalue weighted by atomic mass is 9.82. The summed E-state index contributed by atoms with van der Waals surface area (Å²) in [4.78, 5) is 23.6. The lowest BCUT2D eigenvalue weighted by Crippen LogP contribution is -2.29. The summed E-state index contributed by atoms with van der Waals surface area (Å²) in [5.74, 6) is -0.216. The molecule has 0 amide bonds. The van der Waals surface area contributed by atoms with Gasteiger partial charge in [-0.25, -0.2) is 9.48 Å². The van der Waals surface area contributed by atoms with E-state index in [-0.39, 0.29) is 12.2 Å². The summed E-state index contributed by atoms with van der Waals surface area (Å²) in [6.07, 6.45) is 3.86. The lowest BCUT2D eigenvalue weighted by molar-refractivity contribution is -0.142. The van der Waals surface area contributed by atoms with Gasteiger partial charge in [-0.05, 0) is 55.2 Å². The lowest BCUT2D eigenvalue weighted by Gasteiger charge is -2.28. The van der Waals surface area contributed by atoms with Gasteiger partial charge in [-0.1, -0.05) is 54.1 Å². The van der Waals surface area contributed by atoms with Crippen molar-refractivity contribution in [2.24, 2.45) is 11.8 Å². The molecule has 172 valence electrons. The molecule has 0 bridgehead atoms. The van der Waals surface area contributed by atoms with Gasteiger partial charge in [0.1, 0.15) is 6.61 Å². The van der Waals surface area contributed by atoms with E-state index < -0.39 is 5.97 Å². The van der Waals surface area contributed by atoms with Crippen molar-refractivity contribution in [2.75, 3.05) is 13.2 Å². The molecule has 0 atom stereocenters. The monoisotopic (exact) mass is 466 g/mol. The molecule has 0 spiro atoms. The third-order valence-corrected chi connectivity index (χ3v) is 6.39. The maximum atomic E-state index is 13.0. The van der Waals surface area contributed by atoms with E-state index in [2.05, 4.69) is 0 Å². The molecule has 6 nitrogen and oxygen atoms in total. The van der Waals surface area contributed by atoms with Crippen LogP contribution < -0.4 is 5.56 Å². The van der Waals surface area contributed by atoms with Crippen LogP contribution in [0.3, 0.4) is 0 Å². The Bertz CT molecular complexity index is 1150. The predicted molar refractivity (Wildman–Crippen MR) is 128 cm³/mol. The summed E-state index contributed by atoms with van der Waals surface area (Å²) in [7, 11) is 0. The Labute approximate surface area is 197 Å². The molecule has 1 aromatic heterocycles. The highest BCUT2D eigenvalue weighted by molar-refractivity contribution is 6.30. The van der Waals surface area contributed by atoms with Crippen LogP contribution in [0, 0.1) is 11.8 Å². The minimum atomic E-state index is -0.940. The van der Waals surface area contributed by atoms with Gasteiger partial charge in [0, 0.05) is 28.8 Å². The number of benzene rings is 2. The van der Waals surface area contributed by atoms with Gasteiger partial charge in [0.2, 0.25) is 0 Å². The second kappa shape index (κ2) is 10.8. The van der Waals surface area contributed by atoms with Crippen molar-refractivity contribution in [3.05, 3.63) is 76.0 Å². The van der Waals surface area contributed by atoms with E-state index in [0.29, 0.717) is 30.0 Å². The highest BCUT2D eigenvalue weighted by atomic mass is 35.5. The number of rotatable bonds is 8. The second-order valence-corrected chi connectivity index (χ2v) is 9.04. The first-order valence-electron chi connectivity index (χ1n) is 11.2. The van der Waals surface area contributed by atoms with Crippen LogP contribution in [0.15, 0.2) is 65.5 Å². The molecule has 1 aliphatic carbocycles. The van der Waals surface area contributed by atoms with Crippen molar-refractivity contribution in [1.29, 1.82) is 0 Å². The molecule has 0 radical (unpaired) electrons. The van der Waals surface area contributed by atoms with E-state index >= 15 is 0 Å². The zero-order valence-corrected chi connectivity index (χ0v) is 19.1. The fourth-order valence-corrected chi connectivity index (χ4v) is 4.63. The van der Waals surface area contributed by atoms with Crippen LogP contribution in [-0.2, 0) is 16.1 Å². The summed E-state index contributed by atoms with van der Waals surface area (Å²) < 4.78 is 6.84. The van der Waals surface area contributed by atoms with Crippen LogP contribution >= 0.6 is 11.6 Å². The predicted octanol–water partition coefficient (Wildman–Crippen LogP) is 5.14. The zero-order chi connectivity index (χ0) is 23.2. The second-order valence-electron chi connectivity index (χ2n) is 8.60. The van der Waals surface area contributed by atoms with Crippen molar-refractivity contribution in [1.82, 2.24) is 9.78 Å². The van der Waals surface area contributed by atoms with Gasteiger partial charge in [-0.15, -0.1) is 0 Å². The van der Waals surface area contributed by atoms with Crippen LogP contribution in [-0.4, -0.2) is 34.1 Å². The number of ether oxygens (including phenoxy) is 1. The number of carboxylic acids is 1. The Morgan fingerprint density at radius 1 is 1.00 bits per heavy atom. The van der Waals surface area contributed by atoms with Gasteiger partial charge < -0.3 is 9.84 Å². The van der Waals surface area contributed by atoms with Gasteiger partial charge in [0.25, 0.3) is 5.56 Å². The van der Waals surface area contributed by atoms with Crippen molar-refractivity contribution in [2.45, 2.75) is 32.2 Å². The van der Waals surface area contributed by atoms with Gasteiger partial charge in [0.15, 0.2) is 0 Å². The largest absolute Gasteiger partial charge is 0.480 e. The first kappa shape index (κ1) is 23.2. The number of carboxylic acid groups (broad SMARTS) is 1. The van der Waals surface area contributed by atoms with E-state index in [4.69, 9.17) is 26.5 Å². The number of hydrogen-bond acceptors (Lipinski definition) is 4. The smallest absolute Gasteiger partial charge is 0.329 e. The quantitative estimate of drug-likeness (QED) is 0.497. The third-order valence-electron chi connectivity index (χ3n) is 6.16. The van der Waals surface area contributed by atoms with E-state index in [1.54, 1.807) is 10.7 Å². The molecular formula is C26H27ClN2O4. The minimum Gasteiger partial charge on any atom is -0.480 e. The SMILES string of the molecule is O=C(O)COCC1CCC(Cn2nc(-c3ccccc3)c(-c3cccc(Cl)c3)cc2=O)CC1. The van der Waals surface area contributed by atoms with E-state index in [9.17, 15) is 9.59 Å². The summed E-state index contributed by atoms with van der Waals surface area (Å²) in [5, 5.41) is 14.1. The average molecular weight is 467 g/mol. The normalized spacial score (nSPS) is 18.2. The van der Waals surface area contributed by atoms with Gasteiger partial charge in [0.05, 0.1) is 12.3 Å². The highest BCUT2D eigenvalue weighted by Gasteiger charge is 2.23. The zero-order valence-electron chi connectivity index (χ0n) is 18.3. The molecule has 3 aromatic rings. The number of halogens is 1. The molecule has 0 aliphatic heterocycles. The Balaban J connectivity index is 1.54. The summed E-state index contributed by atoms with van der Waals surface area (Å²) in [6.45, 7) is 0.793.